The zero-order valence-corrected chi connectivity index (χ0v) is 17.8. The van der Waals surface area contributed by atoms with Crippen molar-refractivity contribution in [2.45, 2.75) is 12.8 Å². The monoisotopic (exact) mass is 448 g/mol. The molecule has 8 nitrogen and oxygen atoms in total. The molecule has 2 aromatic heterocycles. The van der Waals surface area contributed by atoms with Crippen LogP contribution in [0.25, 0.3) is 16.7 Å². The van der Waals surface area contributed by atoms with E-state index in [2.05, 4.69) is 10.3 Å². The molecule has 32 heavy (non-hydrogen) atoms. The molecule has 2 aromatic carbocycles. The number of para-hydroxylation sites is 3. The van der Waals surface area contributed by atoms with E-state index < -0.39 is 24.4 Å². The van der Waals surface area contributed by atoms with Gasteiger partial charge in [0, 0.05) is 12.1 Å². The number of aromatic nitrogens is 2. The lowest BCUT2D eigenvalue weighted by Crippen LogP contribution is -2.22. The third kappa shape index (κ3) is 4.68. The van der Waals surface area contributed by atoms with Gasteiger partial charge in [-0.15, -0.1) is 11.3 Å². The van der Waals surface area contributed by atoms with Crippen molar-refractivity contribution in [3.05, 3.63) is 77.4 Å². The fraction of sp³-hybridized carbons (Fsp3) is 0.130. The molecule has 162 valence electrons. The number of rotatable bonds is 8. The van der Waals surface area contributed by atoms with Crippen molar-refractivity contribution in [2.75, 3.05) is 11.9 Å². The van der Waals surface area contributed by atoms with Crippen LogP contribution in [0.3, 0.4) is 0 Å². The second-order valence-electron chi connectivity index (χ2n) is 6.92. The Labute approximate surface area is 187 Å². The first-order valence-electron chi connectivity index (χ1n) is 9.87. The van der Waals surface area contributed by atoms with Crippen LogP contribution in [0.1, 0.15) is 22.6 Å². The first kappa shape index (κ1) is 21.3. The van der Waals surface area contributed by atoms with Crippen LogP contribution >= 0.6 is 11.3 Å². The Bertz CT molecular complexity index is 1280. The van der Waals surface area contributed by atoms with Crippen molar-refractivity contribution in [2.24, 2.45) is 5.73 Å². The number of hydrogen-bond acceptors (Lipinski definition) is 6. The van der Waals surface area contributed by atoms with Gasteiger partial charge in [-0.2, -0.15) is 0 Å². The van der Waals surface area contributed by atoms with E-state index in [1.54, 1.807) is 5.38 Å². The maximum absolute atomic E-state index is 12.3. The highest BCUT2D eigenvalue weighted by Gasteiger charge is 2.16. The van der Waals surface area contributed by atoms with E-state index in [0.717, 1.165) is 22.5 Å². The average Bonchev–Trinajstić information content (AvgIpc) is 3.41. The minimum atomic E-state index is -0.639. The molecule has 0 saturated carbocycles. The SMILES string of the molecule is NC(=O)c1ccsc1NC(=O)COC(=O)CCc1nc2ccccc2n1-c1ccccc1. The maximum atomic E-state index is 12.3. The van der Waals surface area contributed by atoms with Gasteiger partial charge in [0.2, 0.25) is 0 Å². The Morgan fingerprint density at radius 3 is 2.56 bits per heavy atom. The van der Waals surface area contributed by atoms with Gasteiger partial charge in [-0.3, -0.25) is 19.0 Å². The van der Waals surface area contributed by atoms with Gasteiger partial charge in [0.05, 0.1) is 23.0 Å². The number of nitrogens with two attached hydrogens (primary N) is 1. The minimum Gasteiger partial charge on any atom is -0.456 e. The summed E-state index contributed by atoms with van der Waals surface area (Å²) in [5.41, 5.74) is 8.20. The van der Waals surface area contributed by atoms with Gasteiger partial charge in [0.25, 0.3) is 11.8 Å². The molecule has 3 N–H and O–H groups in total. The lowest BCUT2D eigenvalue weighted by atomic mass is 10.2. The summed E-state index contributed by atoms with van der Waals surface area (Å²) in [6, 6.07) is 19.1. The summed E-state index contributed by atoms with van der Waals surface area (Å²) in [4.78, 5) is 40.3. The number of hydrogen-bond donors (Lipinski definition) is 2. The summed E-state index contributed by atoms with van der Waals surface area (Å²) in [6.45, 7) is -0.454. The van der Waals surface area contributed by atoms with E-state index in [0.29, 0.717) is 11.4 Å². The number of anilines is 1. The second-order valence-corrected chi connectivity index (χ2v) is 7.84. The molecule has 0 aliphatic rings. The van der Waals surface area contributed by atoms with Crippen LogP contribution < -0.4 is 11.1 Å². The number of aryl methyl sites for hydroxylation is 1. The molecule has 4 rings (SSSR count). The summed E-state index contributed by atoms with van der Waals surface area (Å²) in [6.07, 6.45) is 0.412. The maximum Gasteiger partial charge on any atom is 0.306 e. The van der Waals surface area contributed by atoms with Crippen molar-refractivity contribution in [3.63, 3.8) is 0 Å². The van der Waals surface area contributed by atoms with Crippen molar-refractivity contribution in [1.82, 2.24) is 9.55 Å². The Morgan fingerprint density at radius 1 is 1.03 bits per heavy atom. The molecule has 4 aromatic rings. The number of fused-ring (bicyclic) bond motifs is 1. The number of nitrogens with zero attached hydrogens (tertiary/aromatic N) is 2. The standard InChI is InChI=1S/C23H20N4O4S/c24-22(30)16-12-13-32-23(16)26-20(28)14-31-21(29)11-10-19-25-17-8-4-5-9-18(17)27(19)15-6-2-1-3-7-15/h1-9,12-13H,10-11,14H2,(H2,24,30)(H,26,28). The Morgan fingerprint density at radius 2 is 1.78 bits per heavy atom. The van der Waals surface area contributed by atoms with Crippen LogP contribution in [0.5, 0.6) is 0 Å². The lowest BCUT2D eigenvalue weighted by molar-refractivity contribution is -0.147. The minimum absolute atomic E-state index is 0.0645. The largest absolute Gasteiger partial charge is 0.456 e. The van der Waals surface area contributed by atoms with Crippen LogP contribution in [0, 0.1) is 0 Å². The number of primary amides is 1. The predicted octanol–water partition coefficient (Wildman–Crippen LogP) is 3.30. The van der Waals surface area contributed by atoms with Gasteiger partial charge < -0.3 is 15.8 Å². The summed E-state index contributed by atoms with van der Waals surface area (Å²) < 4.78 is 7.11. The number of carbonyl (C=O) groups excluding carboxylic acids is 3. The lowest BCUT2D eigenvalue weighted by Gasteiger charge is -2.09. The molecule has 0 aliphatic heterocycles. The van der Waals surface area contributed by atoms with Gasteiger partial charge in [-0.05, 0) is 35.7 Å². The van der Waals surface area contributed by atoms with Crippen LogP contribution in [-0.2, 0) is 20.7 Å². The van der Waals surface area contributed by atoms with Gasteiger partial charge >= 0.3 is 5.97 Å². The molecule has 0 fully saturated rings. The Balaban J connectivity index is 1.39. The molecule has 9 heteroatoms. The van der Waals surface area contributed by atoms with Crippen molar-refractivity contribution in [1.29, 1.82) is 0 Å². The number of benzene rings is 2. The zero-order valence-electron chi connectivity index (χ0n) is 17.0. The van der Waals surface area contributed by atoms with Crippen LogP contribution in [-0.4, -0.2) is 33.9 Å². The van der Waals surface area contributed by atoms with Gasteiger partial charge in [-0.1, -0.05) is 30.3 Å². The molecular weight excluding hydrogens is 428 g/mol. The van der Waals surface area contributed by atoms with Gasteiger partial charge in [-0.25, -0.2) is 4.98 Å². The number of amides is 2. The van der Waals surface area contributed by atoms with Crippen LogP contribution in [0.15, 0.2) is 66.0 Å². The molecular formula is C23H20N4O4S. The summed E-state index contributed by atoms with van der Waals surface area (Å²) in [7, 11) is 0. The highest BCUT2D eigenvalue weighted by molar-refractivity contribution is 7.14. The van der Waals surface area contributed by atoms with Crippen molar-refractivity contribution < 1.29 is 19.1 Å². The third-order valence-corrected chi connectivity index (χ3v) is 5.58. The molecule has 0 bridgehead atoms. The van der Waals surface area contributed by atoms with E-state index in [4.69, 9.17) is 10.5 Å². The Hall–Kier alpha value is -3.98. The van der Waals surface area contributed by atoms with E-state index in [-0.39, 0.29) is 12.0 Å². The van der Waals surface area contributed by atoms with Crippen molar-refractivity contribution in [3.8, 4) is 5.69 Å². The first-order valence-corrected chi connectivity index (χ1v) is 10.8. The fourth-order valence-corrected chi connectivity index (χ4v) is 4.11. The summed E-state index contributed by atoms with van der Waals surface area (Å²) in [5, 5.41) is 4.50. The third-order valence-electron chi connectivity index (χ3n) is 4.75. The number of nitrogens with one attached hydrogen (secondary N) is 1. The van der Waals surface area contributed by atoms with Crippen LogP contribution in [0.2, 0.25) is 0 Å². The molecule has 0 aliphatic carbocycles. The molecule has 2 amide bonds. The number of carbonyl (C=O) groups is 3. The second kappa shape index (κ2) is 9.44. The number of ether oxygens (including phenoxy) is 1. The fourth-order valence-electron chi connectivity index (χ4n) is 3.30. The van der Waals surface area contributed by atoms with E-state index in [9.17, 15) is 14.4 Å². The normalized spacial score (nSPS) is 10.8. The van der Waals surface area contributed by atoms with Gasteiger partial charge in [0.15, 0.2) is 6.61 Å². The quantitative estimate of drug-likeness (QED) is 0.401. The van der Waals surface area contributed by atoms with Crippen LogP contribution in [0.4, 0.5) is 5.00 Å². The molecule has 0 radical (unpaired) electrons. The van der Waals surface area contributed by atoms with E-state index >= 15 is 0 Å². The highest BCUT2D eigenvalue weighted by atomic mass is 32.1. The van der Waals surface area contributed by atoms with E-state index in [1.165, 1.54) is 17.4 Å². The average molecular weight is 449 g/mol. The molecule has 0 unspecified atom stereocenters. The number of imidazole rings is 1. The summed E-state index contributed by atoms with van der Waals surface area (Å²) >= 11 is 1.17. The smallest absolute Gasteiger partial charge is 0.306 e. The molecule has 0 atom stereocenters. The topological polar surface area (TPSA) is 116 Å². The number of thiophene rings is 1. The number of esters is 1. The predicted molar refractivity (Wildman–Crippen MR) is 122 cm³/mol. The zero-order chi connectivity index (χ0) is 22.5. The van der Waals surface area contributed by atoms with Gasteiger partial charge in [0.1, 0.15) is 10.8 Å². The first-order chi connectivity index (χ1) is 15.5. The molecule has 0 spiro atoms. The van der Waals surface area contributed by atoms with E-state index in [1.807, 2.05) is 59.2 Å². The summed E-state index contributed by atoms with van der Waals surface area (Å²) in [5.74, 6) is -0.976. The molecule has 2 heterocycles. The molecule has 0 saturated heterocycles. The highest BCUT2D eigenvalue weighted by Crippen LogP contribution is 2.23. The van der Waals surface area contributed by atoms with Crippen molar-refractivity contribution >= 4 is 45.2 Å². The Kier molecular flexibility index (Phi) is 6.27.